The summed E-state index contributed by atoms with van der Waals surface area (Å²) in [5.41, 5.74) is 6.48. The molecular weight excluding hydrogens is 231 g/mol. The molecule has 2 atom stereocenters. The van der Waals surface area contributed by atoms with Gasteiger partial charge in [-0.05, 0) is 24.0 Å². The minimum atomic E-state index is -2.95. The molecule has 2 heterocycles. The van der Waals surface area contributed by atoms with Gasteiger partial charge in [0.2, 0.25) is 0 Å². The summed E-state index contributed by atoms with van der Waals surface area (Å²) in [4.78, 5) is 3.71. The summed E-state index contributed by atoms with van der Waals surface area (Å²) in [6, 6.07) is 0.850. The maximum absolute atomic E-state index is 12.9. The first-order valence-electron chi connectivity index (χ1n) is 5.04. The van der Waals surface area contributed by atoms with Crippen molar-refractivity contribution in [3.05, 3.63) is 29.8 Å². The highest BCUT2D eigenvalue weighted by Crippen LogP contribution is 2.29. The minimum Gasteiger partial charge on any atom is -0.324 e. The molecule has 0 amide bonds. The molecule has 1 fully saturated rings. The summed E-state index contributed by atoms with van der Waals surface area (Å²) >= 11 is 0. The molecule has 0 spiro atoms. The lowest BCUT2D eigenvalue weighted by molar-refractivity contribution is 0.475. The van der Waals surface area contributed by atoms with Gasteiger partial charge in [-0.1, -0.05) is 0 Å². The van der Waals surface area contributed by atoms with E-state index in [0.29, 0.717) is 12.0 Å². The van der Waals surface area contributed by atoms with Crippen LogP contribution in [0.4, 0.5) is 4.39 Å². The highest BCUT2D eigenvalue weighted by Gasteiger charge is 2.32. The molecule has 2 rings (SSSR count). The second kappa shape index (κ2) is 4.10. The van der Waals surface area contributed by atoms with Crippen LogP contribution in [-0.2, 0) is 9.84 Å². The Labute approximate surface area is 93.6 Å². The maximum atomic E-state index is 12.9. The van der Waals surface area contributed by atoms with Crippen LogP contribution in [0.5, 0.6) is 0 Å². The van der Waals surface area contributed by atoms with Crippen LogP contribution in [0.2, 0.25) is 0 Å². The standard InChI is InChI=1S/C10H13FN2O2S/c11-9-3-8(4-13-5-9)10(12)7-1-2-16(14,15)6-7/h3-5,7,10H,1-2,6,12H2. The molecule has 1 aliphatic rings. The number of sulfone groups is 1. The lowest BCUT2D eigenvalue weighted by Gasteiger charge is -2.17. The van der Waals surface area contributed by atoms with Crippen molar-refractivity contribution < 1.29 is 12.8 Å². The van der Waals surface area contributed by atoms with Gasteiger partial charge in [0.05, 0.1) is 17.7 Å². The Balaban J connectivity index is 2.17. The molecule has 0 aromatic carbocycles. The maximum Gasteiger partial charge on any atom is 0.150 e. The minimum absolute atomic E-state index is 0.0880. The monoisotopic (exact) mass is 244 g/mol. The average Bonchev–Trinajstić information content (AvgIpc) is 2.58. The molecular formula is C10H13FN2O2S. The summed E-state index contributed by atoms with van der Waals surface area (Å²) in [6.07, 6.45) is 3.13. The summed E-state index contributed by atoms with van der Waals surface area (Å²) < 4.78 is 35.5. The fourth-order valence-electron chi connectivity index (χ4n) is 1.99. The molecule has 0 aliphatic carbocycles. The molecule has 4 nitrogen and oxygen atoms in total. The van der Waals surface area contributed by atoms with Crippen LogP contribution in [0.25, 0.3) is 0 Å². The predicted octanol–water partition coefficient (Wildman–Crippen LogP) is 0.655. The average molecular weight is 244 g/mol. The third kappa shape index (κ3) is 2.38. The first-order valence-corrected chi connectivity index (χ1v) is 6.86. The van der Waals surface area contributed by atoms with Crippen molar-refractivity contribution >= 4 is 9.84 Å². The lowest BCUT2D eigenvalue weighted by Crippen LogP contribution is -2.22. The number of hydrogen-bond acceptors (Lipinski definition) is 4. The Morgan fingerprint density at radius 3 is 2.81 bits per heavy atom. The van der Waals surface area contributed by atoms with Crippen molar-refractivity contribution in [2.45, 2.75) is 12.5 Å². The summed E-state index contributed by atoms with van der Waals surface area (Å²) in [6.45, 7) is 0. The second-order valence-corrected chi connectivity index (χ2v) is 6.35. The van der Waals surface area contributed by atoms with E-state index >= 15 is 0 Å². The highest BCUT2D eigenvalue weighted by atomic mass is 32.2. The van der Waals surface area contributed by atoms with Gasteiger partial charge in [-0.15, -0.1) is 0 Å². The quantitative estimate of drug-likeness (QED) is 0.829. The molecule has 1 aromatic heterocycles. The molecule has 6 heteroatoms. The van der Waals surface area contributed by atoms with Crippen molar-refractivity contribution in [3.8, 4) is 0 Å². The fraction of sp³-hybridized carbons (Fsp3) is 0.500. The highest BCUT2D eigenvalue weighted by molar-refractivity contribution is 7.91. The van der Waals surface area contributed by atoms with Gasteiger partial charge in [0.15, 0.2) is 9.84 Å². The first kappa shape index (κ1) is 11.5. The second-order valence-electron chi connectivity index (χ2n) is 4.13. The van der Waals surface area contributed by atoms with E-state index in [1.165, 1.54) is 12.3 Å². The van der Waals surface area contributed by atoms with E-state index in [1.54, 1.807) is 0 Å². The zero-order valence-corrected chi connectivity index (χ0v) is 9.45. The van der Waals surface area contributed by atoms with Crippen molar-refractivity contribution in [1.29, 1.82) is 0 Å². The third-order valence-corrected chi connectivity index (χ3v) is 4.68. The van der Waals surface area contributed by atoms with Crippen molar-refractivity contribution in [2.75, 3.05) is 11.5 Å². The lowest BCUT2D eigenvalue weighted by atomic mass is 9.94. The van der Waals surface area contributed by atoms with E-state index in [2.05, 4.69) is 4.98 Å². The van der Waals surface area contributed by atoms with Gasteiger partial charge in [0.25, 0.3) is 0 Å². The van der Waals surface area contributed by atoms with Crippen LogP contribution in [0.1, 0.15) is 18.0 Å². The Bertz CT molecular complexity index is 489. The van der Waals surface area contributed by atoms with E-state index in [9.17, 15) is 12.8 Å². The van der Waals surface area contributed by atoms with Crippen LogP contribution in [0.15, 0.2) is 18.5 Å². The zero-order chi connectivity index (χ0) is 11.8. The Morgan fingerprint density at radius 2 is 2.25 bits per heavy atom. The zero-order valence-electron chi connectivity index (χ0n) is 8.64. The molecule has 0 saturated carbocycles. The van der Waals surface area contributed by atoms with Gasteiger partial charge < -0.3 is 5.73 Å². The van der Waals surface area contributed by atoms with Crippen LogP contribution in [-0.4, -0.2) is 24.9 Å². The number of rotatable bonds is 2. The molecule has 2 unspecified atom stereocenters. The number of halogens is 1. The molecule has 1 saturated heterocycles. The molecule has 1 aliphatic heterocycles. The molecule has 88 valence electrons. The van der Waals surface area contributed by atoms with Gasteiger partial charge >= 0.3 is 0 Å². The van der Waals surface area contributed by atoms with Gasteiger partial charge in [0.1, 0.15) is 5.82 Å². The molecule has 0 bridgehead atoms. The van der Waals surface area contributed by atoms with Gasteiger partial charge in [0, 0.05) is 12.2 Å². The van der Waals surface area contributed by atoms with Crippen molar-refractivity contribution in [1.82, 2.24) is 4.98 Å². The Kier molecular flexibility index (Phi) is 2.94. The predicted molar refractivity (Wildman–Crippen MR) is 57.9 cm³/mol. The van der Waals surface area contributed by atoms with Crippen LogP contribution in [0, 0.1) is 11.7 Å². The van der Waals surface area contributed by atoms with Crippen LogP contribution in [0.3, 0.4) is 0 Å². The fourth-order valence-corrected chi connectivity index (χ4v) is 3.84. The Hall–Kier alpha value is -1.01. The number of nitrogens with zero attached hydrogens (tertiary/aromatic N) is 1. The number of hydrogen-bond donors (Lipinski definition) is 1. The van der Waals surface area contributed by atoms with E-state index in [1.807, 2.05) is 0 Å². The molecule has 16 heavy (non-hydrogen) atoms. The number of aromatic nitrogens is 1. The van der Waals surface area contributed by atoms with E-state index in [0.717, 1.165) is 6.20 Å². The summed E-state index contributed by atoms with van der Waals surface area (Å²) in [7, 11) is -2.95. The molecule has 2 N–H and O–H groups in total. The van der Waals surface area contributed by atoms with Crippen molar-refractivity contribution in [3.63, 3.8) is 0 Å². The number of pyridine rings is 1. The van der Waals surface area contributed by atoms with E-state index < -0.39 is 21.7 Å². The van der Waals surface area contributed by atoms with Gasteiger partial charge in [-0.25, -0.2) is 12.8 Å². The van der Waals surface area contributed by atoms with E-state index in [-0.39, 0.29) is 17.4 Å². The normalized spacial score (nSPS) is 25.5. The Morgan fingerprint density at radius 1 is 1.50 bits per heavy atom. The van der Waals surface area contributed by atoms with Gasteiger partial charge in [-0.3, -0.25) is 4.98 Å². The van der Waals surface area contributed by atoms with Gasteiger partial charge in [-0.2, -0.15) is 0 Å². The largest absolute Gasteiger partial charge is 0.324 e. The molecule has 0 radical (unpaired) electrons. The number of nitrogens with two attached hydrogens (primary N) is 1. The summed E-state index contributed by atoms with van der Waals surface area (Å²) in [5.74, 6) is -0.318. The van der Waals surface area contributed by atoms with E-state index in [4.69, 9.17) is 5.73 Å². The topological polar surface area (TPSA) is 73.0 Å². The first-order chi connectivity index (χ1) is 7.48. The SMILES string of the molecule is NC(c1cncc(F)c1)C1CCS(=O)(=O)C1. The smallest absolute Gasteiger partial charge is 0.150 e. The van der Waals surface area contributed by atoms with Crippen LogP contribution >= 0.6 is 0 Å². The van der Waals surface area contributed by atoms with Crippen LogP contribution < -0.4 is 5.73 Å². The third-order valence-electron chi connectivity index (χ3n) is 2.89. The van der Waals surface area contributed by atoms with Crippen molar-refractivity contribution in [2.24, 2.45) is 11.7 Å². The molecule has 1 aromatic rings. The summed E-state index contributed by atoms with van der Waals surface area (Å²) in [5, 5.41) is 0.